The second-order valence-electron chi connectivity index (χ2n) is 4.10. The summed E-state index contributed by atoms with van der Waals surface area (Å²) < 4.78 is 6.65. The SMILES string of the molecule is Cc1ccc(N[C@@H]2CCO[C@@H]2C)c(Br)c1. The van der Waals surface area contributed by atoms with Gasteiger partial charge in [0.05, 0.1) is 12.1 Å². The van der Waals surface area contributed by atoms with Gasteiger partial charge in [-0.15, -0.1) is 0 Å². The maximum Gasteiger partial charge on any atom is 0.0748 e. The summed E-state index contributed by atoms with van der Waals surface area (Å²) in [6.07, 6.45) is 1.39. The number of halogens is 1. The van der Waals surface area contributed by atoms with E-state index in [0.29, 0.717) is 12.1 Å². The number of aryl methyl sites for hydroxylation is 1. The number of hydrogen-bond acceptors (Lipinski definition) is 2. The molecule has 1 aromatic rings. The van der Waals surface area contributed by atoms with E-state index >= 15 is 0 Å². The molecule has 1 fully saturated rings. The van der Waals surface area contributed by atoms with Crippen LogP contribution in [0.4, 0.5) is 5.69 Å². The van der Waals surface area contributed by atoms with Crippen LogP contribution < -0.4 is 5.32 Å². The van der Waals surface area contributed by atoms with Gasteiger partial charge in [0.15, 0.2) is 0 Å². The van der Waals surface area contributed by atoms with Crippen LogP contribution in [-0.2, 0) is 4.74 Å². The fourth-order valence-corrected chi connectivity index (χ4v) is 2.47. The van der Waals surface area contributed by atoms with Gasteiger partial charge >= 0.3 is 0 Å². The number of nitrogens with one attached hydrogen (secondary N) is 1. The van der Waals surface area contributed by atoms with E-state index in [4.69, 9.17) is 4.74 Å². The van der Waals surface area contributed by atoms with Crippen molar-refractivity contribution in [2.24, 2.45) is 0 Å². The highest BCUT2D eigenvalue weighted by Gasteiger charge is 2.24. The van der Waals surface area contributed by atoms with E-state index in [9.17, 15) is 0 Å². The minimum Gasteiger partial charge on any atom is -0.379 e. The first kappa shape index (κ1) is 11.0. The summed E-state index contributed by atoms with van der Waals surface area (Å²) in [5.74, 6) is 0. The number of anilines is 1. The lowest BCUT2D eigenvalue weighted by molar-refractivity contribution is 0.121. The molecule has 2 atom stereocenters. The first-order valence-electron chi connectivity index (χ1n) is 5.31. The number of ether oxygens (including phenoxy) is 1. The van der Waals surface area contributed by atoms with Gasteiger partial charge in [-0.1, -0.05) is 6.07 Å². The zero-order chi connectivity index (χ0) is 10.8. The van der Waals surface area contributed by atoms with Crippen molar-refractivity contribution in [3.8, 4) is 0 Å². The summed E-state index contributed by atoms with van der Waals surface area (Å²) in [6, 6.07) is 6.80. The van der Waals surface area contributed by atoms with E-state index < -0.39 is 0 Å². The highest BCUT2D eigenvalue weighted by molar-refractivity contribution is 9.10. The molecule has 82 valence electrons. The molecule has 3 heteroatoms. The average Bonchev–Trinajstić information content (AvgIpc) is 2.57. The lowest BCUT2D eigenvalue weighted by Crippen LogP contribution is -2.26. The Bertz CT molecular complexity index is 353. The minimum absolute atomic E-state index is 0.304. The van der Waals surface area contributed by atoms with Crippen molar-refractivity contribution in [1.29, 1.82) is 0 Å². The lowest BCUT2D eigenvalue weighted by Gasteiger charge is -2.18. The molecule has 2 rings (SSSR count). The van der Waals surface area contributed by atoms with E-state index in [-0.39, 0.29) is 0 Å². The maximum atomic E-state index is 5.52. The standard InChI is InChI=1S/C12H16BrNO/c1-8-3-4-12(10(13)7-8)14-11-5-6-15-9(11)2/h3-4,7,9,11,14H,5-6H2,1-2H3/t9-,11-/m1/s1. The Kier molecular flexibility index (Phi) is 3.32. The third-order valence-corrected chi connectivity index (χ3v) is 3.50. The molecule has 0 bridgehead atoms. The van der Waals surface area contributed by atoms with Gasteiger partial charge in [-0.05, 0) is 53.9 Å². The fourth-order valence-electron chi connectivity index (χ4n) is 1.86. The van der Waals surface area contributed by atoms with Crippen LogP contribution in [0, 0.1) is 6.92 Å². The third kappa shape index (κ3) is 2.52. The lowest BCUT2D eigenvalue weighted by atomic mass is 10.1. The van der Waals surface area contributed by atoms with Gasteiger partial charge in [-0.3, -0.25) is 0 Å². The summed E-state index contributed by atoms with van der Waals surface area (Å²) >= 11 is 3.57. The van der Waals surface area contributed by atoms with Crippen molar-refractivity contribution in [3.63, 3.8) is 0 Å². The molecule has 0 spiro atoms. The zero-order valence-corrected chi connectivity index (χ0v) is 10.7. The summed E-state index contributed by atoms with van der Waals surface area (Å²) in [4.78, 5) is 0. The van der Waals surface area contributed by atoms with Gasteiger partial charge in [-0.2, -0.15) is 0 Å². The Balaban J connectivity index is 2.10. The van der Waals surface area contributed by atoms with Gasteiger partial charge < -0.3 is 10.1 Å². The first-order valence-corrected chi connectivity index (χ1v) is 6.10. The molecular weight excluding hydrogens is 254 g/mol. The molecule has 0 amide bonds. The van der Waals surface area contributed by atoms with E-state index in [2.05, 4.69) is 53.3 Å². The Morgan fingerprint density at radius 1 is 1.47 bits per heavy atom. The van der Waals surface area contributed by atoms with Crippen LogP contribution in [0.3, 0.4) is 0 Å². The normalized spacial score (nSPS) is 25.5. The molecule has 2 nitrogen and oxygen atoms in total. The maximum absolute atomic E-state index is 5.52. The van der Waals surface area contributed by atoms with Crippen molar-refractivity contribution >= 4 is 21.6 Å². The summed E-state index contributed by atoms with van der Waals surface area (Å²) in [5.41, 5.74) is 2.42. The van der Waals surface area contributed by atoms with Crippen LogP contribution in [0.2, 0.25) is 0 Å². The Morgan fingerprint density at radius 3 is 2.87 bits per heavy atom. The zero-order valence-electron chi connectivity index (χ0n) is 9.09. The molecule has 0 aliphatic carbocycles. The molecule has 1 aliphatic heterocycles. The molecule has 0 saturated carbocycles. The van der Waals surface area contributed by atoms with Crippen LogP contribution in [0.1, 0.15) is 18.9 Å². The van der Waals surface area contributed by atoms with Crippen LogP contribution >= 0.6 is 15.9 Å². The predicted molar refractivity (Wildman–Crippen MR) is 66.3 cm³/mol. The van der Waals surface area contributed by atoms with Gasteiger partial charge in [0.2, 0.25) is 0 Å². The molecule has 0 aromatic heterocycles. The Morgan fingerprint density at radius 2 is 2.27 bits per heavy atom. The van der Waals surface area contributed by atoms with Crippen molar-refractivity contribution < 1.29 is 4.74 Å². The summed E-state index contributed by atoms with van der Waals surface area (Å²) in [5, 5.41) is 3.51. The molecule has 1 aromatic carbocycles. The van der Waals surface area contributed by atoms with Crippen LogP contribution in [0.5, 0.6) is 0 Å². The number of hydrogen-bond donors (Lipinski definition) is 1. The van der Waals surface area contributed by atoms with Gasteiger partial charge in [0, 0.05) is 16.8 Å². The third-order valence-electron chi connectivity index (χ3n) is 2.84. The summed E-state index contributed by atoms with van der Waals surface area (Å²) in [6.45, 7) is 5.07. The fraction of sp³-hybridized carbons (Fsp3) is 0.500. The molecular formula is C12H16BrNO. The molecule has 0 unspecified atom stereocenters. The van der Waals surface area contributed by atoms with Gasteiger partial charge in [0.1, 0.15) is 0 Å². The molecule has 1 aliphatic rings. The average molecular weight is 270 g/mol. The van der Waals surface area contributed by atoms with E-state index in [0.717, 1.165) is 23.2 Å². The van der Waals surface area contributed by atoms with E-state index in [1.807, 2.05) is 0 Å². The molecule has 15 heavy (non-hydrogen) atoms. The molecule has 1 heterocycles. The van der Waals surface area contributed by atoms with Crippen LogP contribution in [0.15, 0.2) is 22.7 Å². The van der Waals surface area contributed by atoms with Crippen LogP contribution in [0.25, 0.3) is 0 Å². The highest BCUT2D eigenvalue weighted by atomic mass is 79.9. The second kappa shape index (κ2) is 4.54. The van der Waals surface area contributed by atoms with Crippen LogP contribution in [-0.4, -0.2) is 18.8 Å². The predicted octanol–water partition coefficient (Wildman–Crippen LogP) is 3.35. The van der Waals surface area contributed by atoms with Gasteiger partial charge in [-0.25, -0.2) is 0 Å². The Labute approximate surface area is 99.1 Å². The number of benzene rings is 1. The smallest absolute Gasteiger partial charge is 0.0748 e. The number of rotatable bonds is 2. The monoisotopic (exact) mass is 269 g/mol. The van der Waals surface area contributed by atoms with E-state index in [1.54, 1.807) is 0 Å². The van der Waals surface area contributed by atoms with E-state index in [1.165, 1.54) is 5.56 Å². The largest absolute Gasteiger partial charge is 0.379 e. The highest BCUT2D eigenvalue weighted by Crippen LogP contribution is 2.26. The first-order chi connectivity index (χ1) is 7.16. The quantitative estimate of drug-likeness (QED) is 0.889. The van der Waals surface area contributed by atoms with Gasteiger partial charge in [0.25, 0.3) is 0 Å². The Hall–Kier alpha value is -0.540. The van der Waals surface area contributed by atoms with Crippen molar-refractivity contribution in [1.82, 2.24) is 0 Å². The van der Waals surface area contributed by atoms with Crippen molar-refractivity contribution in [3.05, 3.63) is 28.2 Å². The van der Waals surface area contributed by atoms with Crippen molar-refractivity contribution in [2.45, 2.75) is 32.4 Å². The molecule has 0 radical (unpaired) electrons. The summed E-state index contributed by atoms with van der Waals surface area (Å²) in [7, 11) is 0. The van der Waals surface area contributed by atoms with Crippen molar-refractivity contribution in [2.75, 3.05) is 11.9 Å². The second-order valence-corrected chi connectivity index (χ2v) is 4.95. The minimum atomic E-state index is 0.304. The topological polar surface area (TPSA) is 21.3 Å². The molecule has 1 N–H and O–H groups in total. The molecule has 1 saturated heterocycles.